The van der Waals surface area contributed by atoms with Crippen molar-refractivity contribution in [2.45, 2.75) is 52.4 Å². The number of rotatable bonds is 3. The molecule has 3 rings (SSSR count). The molecule has 4 heteroatoms. The molecule has 2 heterocycles. The molecule has 0 unspecified atom stereocenters. The summed E-state index contributed by atoms with van der Waals surface area (Å²) < 4.78 is 14.7. The number of benzene rings is 1. The summed E-state index contributed by atoms with van der Waals surface area (Å²) in [6.45, 7) is 11.3. The van der Waals surface area contributed by atoms with E-state index >= 15 is 0 Å². The highest BCUT2D eigenvalue weighted by atomic mass is 16.7. The Hall–Kier alpha value is -1.52. The first kappa shape index (κ1) is 15.4. The fraction of sp³-hybridized carbons (Fsp3) is 0.444. The molecule has 0 aliphatic carbocycles. The third-order valence-electron chi connectivity index (χ3n) is 4.91. The summed E-state index contributed by atoms with van der Waals surface area (Å²) in [5, 5.41) is 0. The fourth-order valence-electron chi connectivity index (χ4n) is 2.74. The molecule has 1 aromatic carbocycles. The molecule has 1 aliphatic rings. The van der Waals surface area contributed by atoms with E-state index in [1.807, 2.05) is 6.07 Å². The molecular formula is C18H24BNO2. The zero-order chi connectivity index (χ0) is 16.0. The second-order valence-corrected chi connectivity index (χ2v) is 7.06. The molecule has 0 radical (unpaired) electrons. The quantitative estimate of drug-likeness (QED) is 0.813. The van der Waals surface area contributed by atoms with Gasteiger partial charge in [-0.2, -0.15) is 0 Å². The van der Waals surface area contributed by atoms with Gasteiger partial charge in [0.25, 0.3) is 0 Å². The summed E-state index contributed by atoms with van der Waals surface area (Å²) in [5.74, 6) is 0. The lowest BCUT2D eigenvalue weighted by molar-refractivity contribution is 0.00578. The maximum absolute atomic E-state index is 6.20. The molecule has 22 heavy (non-hydrogen) atoms. The van der Waals surface area contributed by atoms with Crippen molar-refractivity contribution in [3.8, 4) is 0 Å². The molecule has 0 spiro atoms. The molecule has 116 valence electrons. The predicted octanol–water partition coefficient (Wildman–Crippen LogP) is 3.14. The third-order valence-corrected chi connectivity index (χ3v) is 4.91. The SMILES string of the molecule is Cc1ccc(B2OC(C)(C)C(C)(C)O2)n1Cc1ccccc1. The Balaban J connectivity index is 1.90. The predicted molar refractivity (Wildman–Crippen MR) is 90.4 cm³/mol. The van der Waals surface area contributed by atoms with Crippen molar-refractivity contribution in [1.29, 1.82) is 0 Å². The summed E-state index contributed by atoms with van der Waals surface area (Å²) in [7, 11) is -0.317. The largest absolute Gasteiger partial charge is 0.512 e. The molecule has 1 aliphatic heterocycles. The van der Waals surface area contributed by atoms with Crippen LogP contribution in [-0.2, 0) is 15.9 Å². The smallest absolute Gasteiger partial charge is 0.398 e. The van der Waals surface area contributed by atoms with Gasteiger partial charge in [0.05, 0.1) is 11.2 Å². The number of hydrogen-bond acceptors (Lipinski definition) is 2. The summed E-state index contributed by atoms with van der Waals surface area (Å²) in [4.78, 5) is 0. The van der Waals surface area contributed by atoms with Gasteiger partial charge < -0.3 is 13.9 Å². The molecule has 2 aromatic rings. The Morgan fingerprint density at radius 1 is 0.909 bits per heavy atom. The molecule has 0 bridgehead atoms. The van der Waals surface area contributed by atoms with Gasteiger partial charge in [-0.05, 0) is 52.3 Å². The average molecular weight is 297 g/mol. The van der Waals surface area contributed by atoms with Crippen LogP contribution >= 0.6 is 0 Å². The third kappa shape index (κ3) is 2.62. The van der Waals surface area contributed by atoms with Crippen LogP contribution in [0.2, 0.25) is 0 Å². The Labute approximate surface area is 133 Å². The fourth-order valence-corrected chi connectivity index (χ4v) is 2.74. The maximum Gasteiger partial charge on any atom is 0.512 e. The molecule has 0 atom stereocenters. The van der Waals surface area contributed by atoms with Crippen molar-refractivity contribution in [3.05, 3.63) is 53.7 Å². The molecule has 3 nitrogen and oxygen atoms in total. The van der Waals surface area contributed by atoms with Crippen LogP contribution in [0.3, 0.4) is 0 Å². The van der Waals surface area contributed by atoms with E-state index < -0.39 is 0 Å². The number of nitrogens with zero attached hydrogens (tertiary/aromatic N) is 1. The van der Waals surface area contributed by atoms with Crippen molar-refractivity contribution in [1.82, 2.24) is 4.57 Å². The molecule has 0 amide bonds. The van der Waals surface area contributed by atoms with Gasteiger partial charge in [-0.3, -0.25) is 0 Å². The van der Waals surface area contributed by atoms with Crippen LogP contribution in [0, 0.1) is 6.92 Å². The van der Waals surface area contributed by atoms with Crippen LogP contribution in [0.5, 0.6) is 0 Å². The van der Waals surface area contributed by atoms with Crippen LogP contribution in [0.15, 0.2) is 42.5 Å². The van der Waals surface area contributed by atoms with Gasteiger partial charge in [-0.15, -0.1) is 0 Å². The lowest BCUT2D eigenvalue weighted by Crippen LogP contribution is -2.41. The highest BCUT2D eigenvalue weighted by molar-refractivity contribution is 6.61. The first-order valence-electron chi connectivity index (χ1n) is 7.86. The minimum Gasteiger partial charge on any atom is -0.398 e. The van der Waals surface area contributed by atoms with E-state index in [-0.39, 0.29) is 18.3 Å². The Kier molecular flexibility index (Phi) is 3.70. The topological polar surface area (TPSA) is 23.4 Å². The van der Waals surface area contributed by atoms with E-state index in [1.54, 1.807) is 0 Å². The molecule has 0 saturated carbocycles. The maximum atomic E-state index is 6.20. The highest BCUT2D eigenvalue weighted by Gasteiger charge is 2.52. The van der Waals surface area contributed by atoms with Crippen molar-refractivity contribution >= 4 is 12.7 Å². The van der Waals surface area contributed by atoms with E-state index in [0.717, 1.165) is 12.1 Å². The molecule has 1 saturated heterocycles. The van der Waals surface area contributed by atoms with Gasteiger partial charge in [0.2, 0.25) is 0 Å². The van der Waals surface area contributed by atoms with E-state index in [0.29, 0.717) is 0 Å². The van der Waals surface area contributed by atoms with Gasteiger partial charge in [0.15, 0.2) is 0 Å². The van der Waals surface area contributed by atoms with E-state index in [1.165, 1.54) is 11.3 Å². The van der Waals surface area contributed by atoms with Crippen LogP contribution in [0.1, 0.15) is 39.0 Å². The number of aromatic nitrogens is 1. The van der Waals surface area contributed by atoms with Gasteiger partial charge in [-0.1, -0.05) is 30.3 Å². The van der Waals surface area contributed by atoms with Crippen molar-refractivity contribution in [2.75, 3.05) is 0 Å². The summed E-state index contributed by atoms with van der Waals surface area (Å²) in [5.41, 5.74) is 2.95. The second kappa shape index (κ2) is 5.29. The highest BCUT2D eigenvalue weighted by Crippen LogP contribution is 2.36. The lowest BCUT2D eigenvalue weighted by Gasteiger charge is -2.32. The summed E-state index contributed by atoms with van der Waals surface area (Å²) in [6, 6.07) is 14.7. The molecular weight excluding hydrogens is 273 g/mol. The van der Waals surface area contributed by atoms with Crippen molar-refractivity contribution < 1.29 is 9.31 Å². The van der Waals surface area contributed by atoms with Crippen molar-refractivity contribution in [2.24, 2.45) is 0 Å². The lowest BCUT2D eigenvalue weighted by atomic mass is 9.84. The van der Waals surface area contributed by atoms with Crippen LogP contribution in [-0.4, -0.2) is 22.9 Å². The zero-order valence-corrected chi connectivity index (χ0v) is 14.1. The minimum atomic E-state index is -0.317. The van der Waals surface area contributed by atoms with E-state index in [9.17, 15) is 0 Å². The average Bonchev–Trinajstić information content (AvgIpc) is 2.89. The monoisotopic (exact) mass is 297 g/mol. The normalized spacial score (nSPS) is 19.6. The van der Waals surface area contributed by atoms with Crippen LogP contribution in [0.25, 0.3) is 0 Å². The second-order valence-electron chi connectivity index (χ2n) is 7.06. The first-order valence-corrected chi connectivity index (χ1v) is 7.86. The molecule has 0 N–H and O–H groups in total. The zero-order valence-electron chi connectivity index (χ0n) is 14.1. The van der Waals surface area contributed by atoms with Gasteiger partial charge in [0, 0.05) is 17.8 Å². The number of hydrogen-bond donors (Lipinski definition) is 0. The van der Waals surface area contributed by atoms with E-state index in [4.69, 9.17) is 9.31 Å². The summed E-state index contributed by atoms with van der Waals surface area (Å²) in [6.07, 6.45) is 0. The standard InChI is InChI=1S/C18H24BNO2/c1-14-11-12-16(19-21-17(2,3)18(4,5)22-19)20(14)13-15-9-7-6-8-10-15/h6-12H,13H2,1-5H3. The molecule has 1 fully saturated rings. The van der Waals surface area contributed by atoms with Gasteiger partial charge in [-0.25, -0.2) is 0 Å². The Morgan fingerprint density at radius 3 is 2.09 bits per heavy atom. The minimum absolute atomic E-state index is 0.312. The van der Waals surface area contributed by atoms with Gasteiger partial charge in [0.1, 0.15) is 0 Å². The van der Waals surface area contributed by atoms with Crippen LogP contribution < -0.4 is 5.59 Å². The van der Waals surface area contributed by atoms with E-state index in [2.05, 4.69) is 75.6 Å². The molecule has 1 aromatic heterocycles. The Bertz CT molecular complexity index is 645. The summed E-state index contributed by atoms with van der Waals surface area (Å²) >= 11 is 0. The Morgan fingerprint density at radius 2 is 1.50 bits per heavy atom. The van der Waals surface area contributed by atoms with Crippen LogP contribution in [0.4, 0.5) is 0 Å². The first-order chi connectivity index (χ1) is 10.3. The number of aryl methyl sites for hydroxylation is 1. The van der Waals surface area contributed by atoms with Gasteiger partial charge >= 0.3 is 7.12 Å². The van der Waals surface area contributed by atoms with Crippen molar-refractivity contribution in [3.63, 3.8) is 0 Å².